The Kier molecular flexibility index (Phi) is 5.79. The van der Waals surface area contributed by atoms with Crippen molar-refractivity contribution >= 4 is 11.8 Å². The van der Waals surface area contributed by atoms with E-state index in [0.717, 1.165) is 16.7 Å². The van der Waals surface area contributed by atoms with Crippen molar-refractivity contribution in [2.24, 2.45) is 0 Å². The predicted octanol–water partition coefficient (Wildman–Crippen LogP) is 3.61. The van der Waals surface area contributed by atoms with Crippen LogP contribution in [-0.2, 0) is 15.1 Å². The first-order valence-corrected chi connectivity index (χ1v) is 8.82. The summed E-state index contributed by atoms with van der Waals surface area (Å²) in [5, 5.41) is 12.4. The zero-order chi connectivity index (χ0) is 19.1. The molecule has 0 saturated heterocycles. The maximum atomic E-state index is 11.6. The van der Waals surface area contributed by atoms with Crippen molar-refractivity contribution in [1.82, 2.24) is 5.32 Å². The Hall–Kier alpha value is -3.24. The molecule has 0 fully saturated rings. The number of carboxylic acids is 1. The molecule has 0 radical (unpaired) electrons. The van der Waals surface area contributed by atoms with Gasteiger partial charge in [0.15, 0.2) is 0 Å². The SMILES string of the molecule is O=C(O)C(=O)CCNC(c1ccccc1)(c1ccccc1)c1ccccc1. The first kappa shape index (κ1) is 18.5. The van der Waals surface area contributed by atoms with E-state index in [1.54, 1.807) is 0 Å². The summed E-state index contributed by atoms with van der Waals surface area (Å²) in [6, 6.07) is 29.9. The second-order valence-electron chi connectivity index (χ2n) is 6.25. The predicted molar refractivity (Wildman–Crippen MR) is 104 cm³/mol. The third-order valence-electron chi connectivity index (χ3n) is 4.60. The van der Waals surface area contributed by atoms with Crippen LogP contribution in [0.3, 0.4) is 0 Å². The van der Waals surface area contributed by atoms with E-state index < -0.39 is 17.3 Å². The fraction of sp³-hybridized carbons (Fsp3) is 0.130. The van der Waals surface area contributed by atoms with Gasteiger partial charge in [0.2, 0.25) is 5.78 Å². The Morgan fingerprint density at radius 3 is 1.41 bits per heavy atom. The molecule has 0 aliphatic heterocycles. The van der Waals surface area contributed by atoms with E-state index in [-0.39, 0.29) is 13.0 Å². The second-order valence-corrected chi connectivity index (χ2v) is 6.25. The monoisotopic (exact) mass is 359 g/mol. The van der Waals surface area contributed by atoms with Crippen molar-refractivity contribution < 1.29 is 14.7 Å². The molecule has 27 heavy (non-hydrogen) atoms. The largest absolute Gasteiger partial charge is 0.476 e. The molecule has 0 spiro atoms. The number of nitrogens with one attached hydrogen (secondary N) is 1. The summed E-state index contributed by atoms with van der Waals surface area (Å²) in [5.41, 5.74) is 2.36. The average Bonchev–Trinajstić information content (AvgIpc) is 2.73. The van der Waals surface area contributed by atoms with Gasteiger partial charge in [-0.1, -0.05) is 91.0 Å². The van der Waals surface area contributed by atoms with Gasteiger partial charge in [0.05, 0.1) is 5.54 Å². The third kappa shape index (κ3) is 3.96. The number of carbonyl (C=O) groups excluding carboxylic acids is 1. The lowest BCUT2D eigenvalue weighted by atomic mass is 9.77. The molecule has 0 heterocycles. The molecule has 0 aliphatic rings. The zero-order valence-corrected chi connectivity index (χ0v) is 14.8. The first-order valence-electron chi connectivity index (χ1n) is 8.82. The lowest BCUT2D eigenvalue weighted by molar-refractivity contribution is -0.149. The van der Waals surface area contributed by atoms with Crippen LogP contribution in [0, 0.1) is 0 Å². The molecule has 0 unspecified atom stereocenters. The molecule has 0 bridgehead atoms. The van der Waals surface area contributed by atoms with E-state index in [0.29, 0.717) is 0 Å². The van der Waals surface area contributed by atoms with Crippen molar-refractivity contribution in [3.8, 4) is 0 Å². The molecular formula is C23H21NO3. The Morgan fingerprint density at radius 2 is 1.07 bits per heavy atom. The number of hydrogen-bond acceptors (Lipinski definition) is 3. The minimum Gasteiger partial charge on any atom is -0.476 e. The highest BCUT2D eigenvalue weighted by Crippen LogP contribution is 2.36. The summed E-state index contributed by atoms with van der Waals surface area (Å²) in [4.78, 5) is 22.5. The Morgan fingerprint density at radius 1 is 0.704 bits per heavy atom. The molecule has 4 nitrogen and oxygen atoms in total. The van der Waals surface area contributed by atoms with Crippen molar-refractivity contribution in [2.75, 3.05) is 6.54 Å². The van der Waals surface area contributed by atoms with E-state index in [2.05, 4.69) is 5.32 Å². The molecule has 2 N–H and O–H groups in total. The Labute approximate surface area is 158 Å². The van der Waals surface area contributed by atoms with Crippen LogP contribution >= 0.6 is 0 Å². The van der Waals surface area contributed by atoms with Crippen molar-refractivity contribution in [2.45, 2.75) is 12.0 Å². The lowest BCUT2D eigenvalue weighted by Gasteiger charge is -2.37. The van der Waals surface area contributed by atoms with Crippen LogP contribution in [0.5, 0.6) is 0 Å². The normalized spacial score (nSPS) is 11.1. The summed E-state index contributed by atoms with van der Waals surface area (Å²) in [5.74, 6) is -2.20. The van der Waals surface area contributed by atoms with Crippen molar-refractivity contribution in [3.63, 3.8) is 0 Å². The molecule has 3 rings (SSSR count). The van der Waals surface area contributed by atoms with Crippen LogP contribution in [0.1, 0.15) is 23.1 Å². The van der Waals surface area contributed by atoms with Gasteiger partial charge < -0.3 is 5.11 Å². The van der Waals surface area contributed by atoms with Crippen molar-refractivity contribution in [1.29, 1.82) is 0 Å². The number of aliphatic carboxylic acids is 1. The average molecular weight is 359 g/mol. The summed E-state index contributed by atoms with van der Waals surface area (Å²) in [6.07, 6.45) is -0.0798. The molecule has 0 saturated carbocycles. The quantitative estimate of drug-likeness (QED) is 0.476. The maximum Gasteiger partial charge on any atom is 0.372 e. The summed E-state index contributed by atoms with van der Waals surface area (Å²) >= 11 is 0. The Balaban J connectivity index is 2.11. The van der Waals surface area contributed by atoms with Gasteiger partial charge in [-0.3, -0.25) is 10.1 Å². The molecule has 0 amide bonds. The van der Waals surface area contributed by atoms with Gasteiger partial charge in [0, 0.05) is 13.0 Å². The summed E-state index contributed by atoms with van der Waals surface area (Å²) in [7, 11) is 0. The van der Waals surface area contributed by atoms with Gasteiger partial charge in [-0.2, -0.15) is 0 Å². The summed E-state index contributed by atoms with van der Waals surface area (Å²) in [6.45, 7) is 0.240. The molecule has 0 aliphatic carbocycles. The van der Waals surface area contributed by atoms with E-state index in [1.165, 1.54) is 0 Å². The summed E-state index contributed by atoms with van der Waals surface area (Å²) < 4.78 is 0. The van der Waals surface area contributed by atoms with E-state index in [9.17, 15) is 9.59 Å². The van der Waals surface area contributed by atoms with E-state index in [4.69, 9.17) is 5.11 Å². The molecule has 3 aromatic rings. The third-order valence-corrected chi connectivity index (χ3v) is 4.60. The number of Topliss-reactive ketones (excluding diaryl/α,β-unsaturated/α-hetero) is 1. The van der Waals surface area contributed by atoms with E-state index >= 15 is 0 Å². The van der Waals surface area contributed by atoms with Crippen LogP contribution < -0.4 is 5.32 Å². The topological polar surface area (TPSA) is 66.4 Å². The number of hydrogen-bond donors (Lipinski definition) is 2. The molecule has 4 heteroatoms. The highest BCUT2D eigenvalue weighted by atomic mass is 16.4. The molecule has 0 atom stereocenters. The molecule has 0 aromatic heterocycles. The standard InChI is InChI=1S/C23H21NO3/c25-21(22(26)27)16-17-24-23(18-10-4-1-5-11-18,19-12-6-2-7-13-19)20-14-8-3-9-15-20/h1-15,24H,16-17H2,(H,26,27). The highest BCUT2D eigenvalue weighted by molar-refractivity contribution is 6.32. The minimum atomic E-state index is -1.40. The fourth-order valence-corrected chi connectivity index (χ4v) is 3.34. The number of rotatable bonds is 8. The maximum absolute atomic E-state index is 11.6. The van der Waals surface area contributed by atoms with Crippen LogP contribution in [0.15, 0.2) is 91.0 Å². The van der Waals surface area contributed by atoms with Gasteiger partial charge in [-0.15, -0.1) is 0 Å². The van der Waals surface area contributed by atoms with Crippen molar-refractivity contribution in [3.05, 3.63) is 108 Å². The van der Waals surface area contributed by atoms with Crippen LogP contribution in [0.2, 0.25) is 0 Å². The van der Waals surface area contributed by atoms with Crippen LogP contribution in [0.25, 0.3) is 0 Å². The first-order chi connectivity index (χ1) is 13.1. The lowest BCUT2D eigenvalue weighted by Crippen LogP contribution is -2.45. The molecular weight excluding hydrogens is 338 g/mol. The second kappa shape index (κ2) is 8.43. The van der Waals surface area contributed by atoms with Gasteiger partial charge in [0.1, 0.15) is 0 Å². The number of carbonyl (C=O) groups is 2. The number of carboxylic acid groups (broad SMARTS) is 1. The smallest absolute Gasteiger partial charge is 0.372 e. The van der Waals surface area contributed by atoms with Gasteiger partial charge in [-0.25, -0.2) is 4.79 Å². The number of ketones is 1. The van der Waals surface area contributed by atoms with Crippen LogP contribution in [0.4, 0.5) is 0 Å². The molecule has 136 valence electrons. The van der Waals surface area contributed by atoms with Gasteiger partial charge in [0.25, 0.3) is 0 Å². The van der Waals surface area contributed by atoms with Gasteiger partial charge >= 0.3 is 5.97 Å². The highest BCUT2D eigenvalue weighted by Gasteiger charge is 2.35. The molecule has 3 aromatic carbocycles. The zero-order valence-electron chi connectivity index (χ0n) is 14.8. The van der Waals surface area contributed by atoms with Gasteiger partial charge in [-0.05, 0) is 16.7 Å². The van der Waals surface area contributed by atoms with Crippen LogP contribution in [-0.4, -0.2) is 23.4 Å². The Bertz CT molecular complexity index is 796. The van der Waals surface area contributed by atoms with E-state index in [1.807, 2.05) is 91.0 Å². The minimum absolute atomic E-state index is 0.0798. The fourth-order valence-electron chi connectivity index (χ4n) is 3.34. The number of benzene rings is 3.